The maximum absolute atomic E-state index is 12.7. The molecular weight excluding hydrogens is 390 g/mol. The molecule has 0 fully saturated rings. The third kappa shape index (κ3) is 4.20. The maximum Gasteiger partial charge on any atom is 0.336 e. The van der Waals surface area contributed by atoms with Crippen LogP contribution in [0.15, 0.2) is 78.1 Å². The van der Waals surface area contributed by atoms with E-state index in [-0.39, 0.29) is 6.04 Å². The molecule has 1 aliphatic heterocycles. The average molecular weight is 412 g/mol. The number of methoxy groups -OCH3 is 2. The molecule has 0 saturated carbocycles. The van der Waals surface area contributed by atoms with Crippen LogP contribution in [-0.2, 0) is 19.1 Å². The summed E-state index contributed by atoms with van der Waals surface area (Å²) in [5.41, 5.74) is 2.29. The maximum atomic E-state index is 12.7. The van der Waals surface area contributed by atoms with Gasteiger partial charge < -0.3 is 14.4 Å². The summed E-state index contributed by atoms with van der Waals surface area (Å²) in [5, 5.41) is 0.451. The first-order chi connectivity index (χ1) is 14.0. The summed E-state index contributed by atoms with van der Waals surface area (Å²) in [6.07, 6.45) is 3.42. The molecule has 1 atom stereocenters. The number of esters is 2. The van der Waals surface area contributed by atoms with Crippen molar-refractivity contribution in [1.82, 2.24) is 4.90 Å². The van der Waals surface area contributed by atoms with Crippen LogP contribution in [0.5, 0.6) is 0 Å². The zero-order chi connectivity index (χ0) is 21.0. The van der Waals surface area contributed by atoms with Gasteiger partial charge in [0.15, 0.2) is 0 Å². The van der Waals surface area contributed by atoms with Crippen molar-refractivity contribution >= 4 is 23.5 Å². The normalized spacial score (nSPS) is 15.2. The summed E-state index contributed by atoms with van der Waals surface area (Å²) < 4.78 is 10.0. The molecule has 0 aromatic heterocycles. The van der Waals surface area contributed by atoms with Crippen LogP contribution in [0, 0.1) is 0 Å². The minimum atomic E-state index is -0.692. The Bertz CT molecular complexity index is 934. The van der Waals surface area contributed by atoms with E-state index in [2.05, 4.69) is 0 Å². The van der Waals surface area contributed by atoms with Crippen molar-refractivity contribution in [1.29, 1.82) is 0 Å². The standard InChI is InChI=1S/C23H22ClNO4/c1-15(16-9-5-4-6-10-16)25-13-18(22(26)28-2)21(19(14-25)23(27)29-3)17-11-7-8-12-20(17)24/h4-15,21H,1-3H3/t15-/m0/s1. The van der Waals surface area contributed by atoms with E-state index in [1.807, 2.05) is 48.2 Å². The fourth-order valence-electron chi connectivity index (χ4n) is 3.42. The number of hydrogen-bond acceptors (Lipinski definition) is 5. The molecule has 1 heterocycles. The van der Waals surface area contributed by atoms with Crippen LogP contribution >= 0.6 is 11.6 Å². The van der Waals surface area contributed by atoms with E-state index < -0.39 is 17.9 Å². The van der Waals surface area contributed by atoms with Gasteiger partial charge in [-0.05, 0) is 24.1 Å². The topological polar surface area (TPSA) is 55.8 Å². The summed E-state index contributed by atoms with van der Waals surface area (Å²) in [7, 11) is 2.63. The number of carbonyl (C=O) groups excluding carboxylic acids is 2. The zero-order valence-electron chi connectivity index (χ0n) is 16.5. The van der Waals surface area contributed by atoms with Crippen LogP contribution in [0.2, 0.25) is 5.02 Å². The Balaban J connectivity index is 2.15. The van der Waals surface area contributed by atoms with Crippen LogP contribution in [0.3, 0.4) is 0 Å². The molecule has 0 aliphatic carbocycles. The monoisotopic (exact) mass is 411 g/mol. The fourth-order valence-corrected chi connectivity index (χ4v) is 3.67. The molecule has 0 unspecified atom stereocenters. The smallest absolute Gasteiger partial charge is 0.336 e. The molecule has 29 heavy (non-hydrogen) atoms. The Hall–Kier alpha value is -3.05. The van der Waals surface area contributed by atoms with Gasteiger partial charge >= 0.3 is 11.9 Å². The second-order valence-electron chi connectivity index (χ2n) is 6.64. The molecule has 0 radical (unpaired) electrons. The Morgan fingerprint density at radius 2 is 1.41 bits per heavy atom. The van der Waals surface area contributed by atoms with Gasteiger partial charge in [0.2, 0.25) is 0 Å². The lowest BCUT2D eigenvalue weighted by molar-refractivity contribution is -0.137. The third-order valence-electron chi connectivity index (χ3n) is 4.99. The van der Waals surface area contributed by atoms with Gasteiger partial charge in [-0.25, -0.2) is 9.59 Å². The van der Waals surface area contributed by atoms with E-state index in [1.54, 1.807) is 30.6 Å². The molecular formula is C23H22ClNO4. The Morgan fingerprint density at radius 1 is 0.897 bits per heavy atom. The highest BCUT2D eigenvalue weighted by atomic mass is 35.5. The third-order valence-corrected chi connectivity index (χ3v) is 5.33. The summed E-state index contributed by atoms with van der Waals surface area (Å²) in [6.45, 7) is 1.99. The minimum Gasteiger partial charge on any atom is -0.466 e. The number of hydrogen-bond donors (Lipinski definition) is 0. The lowest BCUT2D eigenvalue weighted by atomic mass is 9.83. The molecule has 0 amide bonds. The zero-order valence-corrected chi connectivity index (χ0v) is 17.2. The van der Waals surface area contributed by atoms with Gasteiger partial charge in [-0.15, -0.1) is 0 Å². The number of halogens is 1. The molecule has 0 N–H and O–H groups in total. The summed E-state index contributed by atoms with van der Waals surface area (Å²) in [5.74, 6) is -1.76. The van der Waals surface area contributed by atoms with E-state index in [0.717, 1.165) is 5.56 Å². The lowest BCUT2D eigenvalue weighted by Gasteiger charge is -2.33. The molecule has 3 rings (SSSR count). The van der Waals surface area contributed by atoms with Crippen molar-refractivity contribution in [2.24, 2.45) is 0 Å². The van der Waals surface area contributed by atoms with Crippen molar-refractivity contribution in [3.05, 3.63) is 94.3 Å². The van der Waals surface area contributed by atoms with Crippen LogP contribution in [0.4, 0.5) is 0 Å². The molecule has 0 spiro atoms. The first kappa shape index (κ1) is 20.7. The minimum absolute atomic E-state index is 0.122. The Kier molecular flexibility index (Phi) is 6.39. The molecule has 0 bridgehead atoms. The predicted octanol–water partition coefficient (Wildman–Crippen LogP) is 4.61. The van der Waals surface area contributed by atoms with Crippen LogP contribution in [0.1, 0.15) is 30.0 Å². The second kappa shape index (κ2) is 8.97. The highest BCUT2D eigenvalue weighted by Gasteiger charge is 2.37. The van der Waals surface area contributed by atoms with E-state index in [9.17, 15) is 9.59 Å². The van der Waals surface area contributed by atoms with E-state index in [4.69, 9.17) is 21.1 Å². The summed E-state index contributed by atoms with van der Waals surface area (Å²) in [4.78, 5) is 27.2. The average Bonchev–Trinajstić information content (AvgIpc) is 2.77. The largest absolute Gasteiger partial charge is 0.466 e. The molecule has 2 aromatic rings. The van der Waals surface area contributed by atoms with Gasteiger partial charge in [0.1, 0.15) is 0 Å². The van der Waals surface area contributed by atoms with E-state index in [0.29, 0.717) is 21.7 Å². The van der Waals surface area contributed by atoms with Gasteiger partial charge in [-0.2, -0.15) is 0 Å². The molecule has 0 saturated heterocycles. The molecule has 2 aromatic carbocycles. The molecule has 1 aliphatic rings. The summed E-state index contributed by atoms with van der Waals surface area (Å²) >= 11 is 6.41. The van der Waals surface area contributed by atoms with Crippen molar-refractivity contribution < 1.29 is 19.1 Å². The Labute approximate surface area is 175 Å². The number of rotatable bonds is 5. The van der Waals surface area contributed by atoms with Crippen molar-refractivity contribution in [2.75, 3.05) is 14.2 Å². The van der Waals surface area contributed by atoms with E-state index >= 15 is 0 Å². The SMILES string of the molecule is COC(=O)C1=CN([C@@H](C)c2ccccc2)C=C(C(=O)OC)C1c1ccccc1Cl. The van der Waals surface area contributed by atoms with Gasteiger partial charge in [-0.1, -0.05) is 60.1 Å². The number of benzene rings is 2. The molecule has 5 nitrogen and oxygen atoms in total. The first-order valence-electron chi connectivity index (χ1n) is 9.14. The lowest BCUT2D eigenvalue weighted by Crippen LogP contribution is -2.30. The van der Waals surface area contributed by atoms with Gasteiger partial charge in [0.25, 0.3) is 0 Å². The Morgan fingerprint density at radius 3 is 1.93 bits per heavy atom. The molecule has 6 heteroatoms. The number of ether oxygens (including phenoxy) is 2. The van der Waals surface area contributed by atoms with Crippen LogP contribution < -0.4 is 0 Å². The fraction of sp³-hybridized carbons (Fsp3) is 0.217. The predicted molar refractivity (Wildman–Crippen MR) is 111 cm³/mol. The van der Waals surface area contributed by atoms with Crippen LogP contribution in [0.25, 0.3) is 0 Å². The second-order valence-corrected chi connectivity index (χ2v) is 7.05. The highest BCUT2D eigenvalue weighted by molar-refractivity contribution is 6.31. The van der Waals surface area contributed by atoms with E-state index in [1.165, 1.54) is 14.2 Å². The van der Waals surface area contributed by atoms with Gasteiger partial charge in [0, 0.05) is 17.4 Å². The molecule has 150 valence electrons. The highest BCUT2D eigenvalue weighted by Crippen LogP contribution is 2.41. The van der Waals surface area contributed by atoms with Crippen molar-refractivity contribution in [2.45, 2.75) is 18.9 Å². The van der Waals surface area contributed by atoms with Gasteiger partial charge in [-0.3, -0.25) is 0 Å². The summed E-state index contributed by atoms with van der Waals surface area (Å²) in [6, 6.07) is 16.8. The number of carbonyl (C=O) groups is 2. The van der Waals surface area contributed by atoms with Crippen molar-refractivity contribution in [3.8, 4) is 0 Å². The quantitative estimate of drug-likeness (QED) is 0.672. The first-order valence-corrected chi connectivity index (χ1v) is 9.52. The number of nitrogens with zero attached hydrogens (tertiary/aromatic N) is 1. The van der Waals surface area contributed by atoms with Crippen molar-refractivity contribution in [3.63, 3.8) is 0 Å². The van der Waals surface area contributed by atoms with Gasteiger partial charge in [0.05, 0.1) is 37.3 Å². The van der Waals surface area contributed by atoms with Crippen LogP contribution in [-0.4, -0.2) is 31.1 Å².